The minimum atomic E-state index is -0.921. The molecule has 1 fully saturated rings. The molecule has 2 rings (SSSR count). The molecule has 10 atom stereocenters. The van der Waals surface area contributed by atoms with Crippen molar-refractivity contribution in [2.45, 2.75) is 149 Å². The van der Waals surface area contributed by atoms with Crippen LogP contribution in [-0.2, 0) is 44.6 Å². The molecule has 0 radical (unpaired) electrons. The Morgan fingerprint density at radius 2 is 1.62 bits per heavy atom. The maximum Gasteiger partial charge on any atom is 0.310 e. The van der Waals surface area contributed by atoms with E-state index in [9.17, 15) is 29.5 Å². The first-order valence-corrected chi connectivity index (χ1v) is 20.9. The van der Waals surface area contributed by atoms with Crippen LogP contribution in [0.15, 0.2) is 35.4 Å². The molecule has 14 nitrogen and oxygen atoms in total. The first-order chi connectivity index (χ1) is 27.3. The number of carbonyl (C=O) groups excluding carboxylic acids is 5. The fourth-order valence-corrected chi connectivity index (χ4v) is 8.39. The van der Waals surface area contributed by atoms with Crippen molar-refractivity contribution < 1.29 is 38.2 Å². The number of nitrogens with one attached hydrogen (secondary N) is 1. The van der Waals surface area contributed by atoms with Gasteiger partial charge in [0.25, 0.3) is 0 Å². The van der Waals surface area contributed by atoms with E-state index >= 15 is 0 Å². The summed E-state index contributed by atoms with van der Waals surface area (Å²) in [4.78, 5) is 75.8. The first kappa shape index (κ1) is 50.3. The molecule has 58 heavy (non-hydrogen) atoms. The van der Waals surface area contributed by atoms with Crippen LogP contribution in [0.1, 0.15) is 106 Å². The smallest absolute Gasteiger partial charge is 0.310 e. The van der Waals surface area contributed by atoms with E-state index < -0.39 is 65.7 Å². The number of likely N-dealkylation sites (tertiary alicyclic amines) is 1. The second-order valence-corrected chi connectivity index (χ2v) is 17.4. The van der Waals surface area contributed by atoms with Gasteiger partial charge in [-0.3, -0.25) is 24.0 Å². The highest BCUT2D eigenvalue weighted by molar-refractivity contribution is 5.90. The minimum absolute atomic E-state index is 0.0143. The van der Waals surface area contributed by atoms with E-state index in [-0.39, 0.29) is 54.5 Å². The third-order valence-corrected chi connectivity index (χ3v) is 11.7. The molecule has 0 saturated carbocycles. The van der Waals surface area contributed by atoms with Crippen molar-refractivity contribution in [1.82, 2.24) is 15.1 Å². The van der Waals surface area contributed by atoms with Crippen LogP contribution in [0.3, 0.4) is 0 Å². The van der Waals surface area contributed by atoms with Crippen LogP contribution < -0.4 is 5.32 Å². The van der Waals surface area contributed by atoms with Crippen LogP contribution in [0.5, 0.6) is 0 Å². The van der Waals surface area contributed by atoms with Crippen molar-refractivity contribution in [2.24, 2.45) is 34.7 Å². The van der Waals surface area contributed by atoms with Gasteiger partial charge in [0, 0.05) is 57.5 Å². The van der Waals surface area contributed by atoms with Gasteiger partial charge in [-0.05, 0) is 70.0 Å². The molecule has 1 aliphatic heterocycles. The number of azide groups is 1. The molecular formula is C44H72N6O8. The number of ketones is 2. The number of methoxy groups -OCH3 is 2. The average Bonchev–Trinajstić information content (AvgIpc) is 3.65. The van der Waals surface area contributed by atoms with E-state index in [2.05, 4.69) is 15.3 Å². The van der Waals surface area contributed by atoms with Crippen molar-refractivity contribution in [3.63, 3.8) is 0 Å². The van der Waals surface area contributed by atoms with Crippen LogP contribution in [0, 0.1) is 29.6 Å². The molecule has 1 heterocycles. The number of ether oxygens (including phenoxy) is 3. The van der Waals surface area contributed by atoms with Crippen molar-refractivity contribution >= 4 is 29.4 Å². The standard InChI is InChI=1S/C44H72N6O8/c1-14-28(4)40(49(11)42(54)33(30(6)47-48-45)25-36(52)39(46-10)27(2)3)37(56-12)26-38(53)50-22-18-21-34(50)41(57-13)29(5)35(51)24-32(43(55)58-44(7,8)9)23-31-19-16-15-17-20-31/h15-17,19-20,27-30,32-34,37,39-41,46H,14,18,21-26H2,1-13H3/t28-,29-,30-,32+,33-,34-,37+,39-,40-,41+/m0/s1. The maximum atomic E-state index is 14.3. The molecule has 326 valence electrons. The van der Waals surface area contributed by atoms with Gasteiger partial charge in [-0.1, -0.05) is 83.4 Å². The fourth-order valence-electron chi connectivity index (χ4n) is 8.39. The number of nitrogens with zero attached hydrogens (tertiary/aromatic N) is 5. The van der Waals surface area contributed by atoms with Gasteiger partial charge < -0.3 is 29.3 Å². The number of hydrogen-bond acceptors (Lipinski definition) is 10. The van der Waals surface area contributed by atoms with Gasteiger partial charge in [-0.15, -0.1) is 0 Å². The summed E-state index contributed by atoms with van der Waals surface area (Å²) in [7, 11) is 6.42. The highest BCUT2D eigenvalue weighted by Crippen LogP contribution is 2.32. The highest BCUT2D eigenvalue weighted by atomic mass is 16.6. The van der Waals surface area contributed by atoms with E-state index in [1.807, 2.05) is 58.0 Å². The Kier molecular flexibility index (Phi) is 20.5. The second-order valence-electron chi connectivity index (χ2n) is 17.4. The molecule has 2 amide bonds. The average molecular weight is 813 g/mol. The van der Waals surface area contributed by atoms with E-state index in [4.69, 9.17) is 14.2 Å². The molecule has 0 bridgehead atoms. The Bertz CT molecular complexity index is 1540. The monoisotopic (exact) mass is 813 g/mol. The normalized spacial score (nSPS) is 19.1. The van der Waals surface area contributed by atoms with Crippen LogP contribution in [0.25, 0.3) is 10.4 Å². The number of likely N-dealkylation sites (N-methyl/N-ethyl adjacent to an activating group) is 2. The molecule has 1 N–H and O–H groups in total. The lowest BCUT2D eigenvalue weighted by Crippen LogP contribution is -2.54. The molecule has 1 saturated heterocycles. The van der Waals surface area contributed by atoms with E-state index in [0.717, 1.165) is 5.56 Å². The molecule has 0 aliphatic carbocycles. The highest BCUT2D eigenvalue weighted by Gasteiger charge is 2.44. The maximum absolute atomic E-state index is 14.3. The number of Topliss-reactive ketones (excluding diaryl/α,β-unsaturated/α-hetero) is 2. The first-order valence-electron chi connectivity index (χ1n) is 20.9. The zero-order valence-electron chi connectivity index (χ0n) is 37.4. The quantitative estimate of drug-likeness (QED) is 0.0522. The summed E-state index contributed by atoms with van der Waals surface area (Å²) in [6, 6.07) is 7.32. The van der Waals surface area contributed by atoms with Crippen LogP contribution in [0.4, 0.5) is 0 Å². The van der Waals surface area contributed by atoms with Gasteiger partial charge in [-0.2, -0.15) is 0 Å². The molecule has 1 aromatic rings. The van der Waals surface area contributed by atoms with E-state index in [1.54, 1.807) is 65.6 Å². The predicted molar refractivity (Wildman–Crippen MR) is 225 cm³/mol. The molecule has 1 aliphatic rings. The number of carbonyl (C=O) groups is 5. The zero-order valence-corrected chi connectivity index (χ0v) is 37.4. The van der Waals surface area contributed by atoms with Gasteiger partial charge in [0.1, 0.15) is 11.4 Å². The van der Waals surface area contributed by atoms with Crippen molar-refractivity contribution in [1.29, 1.82) is 0 Å². The molecule has 0 aromatic heterocycles. The number of rotatable bonds is 24. The summed E-state index contributed by atoms with van der Waals surface area (Å²) in [5.41, 5.74) is 9.48. The van der Waals surface area contributed by atoms with Gasteiger partial charge >= 0.3 is 5.97 Å². The van der Waals surface area contributed by atoms with Crippen molar-refractivity contribution in [3.8, 4) is 0 Å². The molecular weight excluding hydrogens is 741 g/mol. The molecule has 1 aromatic carbocycles. The Balaban J connectivity index is 2.35. The molecule has 0 spiro atoms. The Morgan fingerprint density at radius 1 is 0.983 bits per heavy atom. The fraction of sp³-hybridized carbons (Fsp3) is 0.750. The number of hydrogen-bond donors (Lipinski definition) is 1. The Hall–Kier alpha value is -3.84. The van der Waals surface area contributed by atoms with Gasteiger partial charge in [0.15, 0.2) is 5.78 Å². The lowest BCUT2D eigenvalue weighted by Gasteiger charge is -2.40. The van der Waals surface area contributed by atoms with Crippen LogP contribution in [0.2, 0.25) is 0 Å². The SMILES string of the molecule is CC[C@H](C)[C@@H]([C@@H](CC(=O)N1CCC[C@H]1[C@H](OC)[C@@H](C)C(=O)C[C@@H](Cc1ccccc1)C(=O)OC(C)(C)C)OC)N(C)C(=O)[C@@H](CC(=O)[C@@H](NC)C(C)C)[C@H](C)N=[N+]=[N-]. The summed E-state index contributed by atoms with van der Waals surface area (Å²) in [5.74, 6) is -3.66. The summed E-state index contributed by atoms with van der Waals surface area (Å²) in [6.45, 7) is 17.1. The van der Waals surface area contributed by atoms with Gasteiger partial charge in [-0.25, -0.2) is 0 Å². The predicted octanol–water partition coefficient (Wildman–Crippen LogP) is 6.58. The Labute approximate surface area is 347 Å². The molecule has 14 heteroatoms. The zero-order chi connectivity index (χ0) is 43.9. The minimum Gasteiger partial charge on any atom is -0.460 e. The summed E-state index contributed by atoms with van der Waals surface area (Å²) < 4.78 is 17.8. The third-order valence-electron chi connectivity index (χ3n) is 11.7. The number of amides is 2. The summed E-state index contributed by atoms with van der Waals surface area (Å²) in [5, 5.41) is 6.87. The lowest BCUT2D eigenvalue weighted by atomic mass is 9.85. The topological polar surface area (TPSA) is 180 Å². The summed E-state index contributed by atoms with van der Waals surface area (Å²) >= 11 is 0. The lowest BCUT2D eigenvalue weighted by molar-refractivity contribution is -0.161. The van der Waals surface area contributed by atoms with E-state index in [0.29, 0.717) is 32.2 Å². The second kappa shape index (κ2) is 23.7. The van der Waals surface area contributed by atoms with E-state index in [1.165, 1.54) is 7.11 Å². The van der Waals surface area contributed by atoms with Crippen molar-refractivity contribution in [3.05, 3.63) is 46.3 Å². The van der Waals surface area contributed by atoms with Crippen LogP contribution in [-0.4, -0.2) is 116 Å². The van der Waals surface area contributed by atoms with Crippen LogP contribution >= 0.6 is 0 Å². The van der Waals surface area contributed by atoms with Gasteiger partial charge in [0.05, 0.1) is 48.6 Å². The summed E-state index contributed by atoms with van der Waals surface area (Å²) in [6.07, 6.45) is 0.835. The molecule has 0 unspecified atom stereocenters. The number of esters is 1. The Morgan fingerprint density at radius 3 is 2.14 bits per heavy atom. The number of benzene rings is 1. The van der Waals surface area contributed by atoms with Crippen molar-refractivity contribution in [2.75, 3.05) is 34.9 Å². The third kappa shape index (κ3) is 14.2. The van der Waals surface area contributed by atoms with Gasteiger partial charge in [0.2, 0.25) is 11.8 Å². The largest absolute Gasteiger partial charge is 0.460 e.